The molecule has 0 aromatic heterocycles. The Hall–Kier alpha value is -1.42. The monoisotopic (exact) mass is 305 g/mol. The molecule has 0 saturated heterocycles. The van der Waals surface area contributed by atoms with E-state index in [9.17, 15) is 9.00 Å². The maximum atomic E-state index is 12.0. The summed E-state index contributed by atoms with van der Waals surface area (Å²) in [7, 11) is -1.44. The highest BCUT2D eigenvalue weighted by atomic mass is 32.2. The molecule has 2 rings (SSSR count). The van der Waals surface area contributed by atoms with E-state index in [1.54, 1.807) is 12.1 Å². The second kappa shape index (κ2) is 8.13. The largest absolute Gasteiger partial charge is 0.274 e. The standard InChI is InChI=1S/C17H23NO2S/c1-2-3-4-5-7-10-14-13-16(14)17(19)18-21(20)15-11-8-6-9-12-15/h6-12,14,16H,2-5,13H2,1H3,(H,18,19)/b10-7-/t14-,16+,21?/m1/s1. The van der Waals surface area contributed by atoms with Crippen LogP contribution in [0.15, 0.2) is 47.4 Å². The third-order valence-electron chi connectivity index (χ3n) is 3.68. The van der Waals surface area contributed by atoms with Crippen LogP contribution in [0, 0.1) is 11.8 Å². The van der Waals surface area contributed by atoms with Crippen LogP contribution in [0.2, 0.25) is 0 Å². The van der Waals surface area contributed by atoms with E-state index in [0.29, 0.717) is 10.8 Å². The molecule has 3 atom stereocenters. The Bertz CT molecular complexity index is 513. The van der Waals surface area contributed by atoms with Gasteiger partial charge in [0.15, 0.2) is 11.0 Å². The zero-order chi connectivity index (χ0) is 15.1. The molecule has 0 radical (unpaired) electrons. The molecule has 0 bridgehead atoms. The van der Waals surface area contributed by atoms with E-state index in [1.165, 1.54) is 19.3 Å². The number of unbranched alkanes of at least 4 members (excludes halogenated alkanes) is 3. The Morgan fingerprint density at radius 3 is 2.81 bits per heavy atom. The minimum atomic E-state index is -1.44. The van der Waals surface area contributed by atoms with Crippen LogP contribution in [0.25, 0.3) is 0 Å². The van der Waals surface area contributed by atoms with Crippen molar-refractivity contribution >= 4 is 16.9 Å². The molecule has 1 aliphatic rings. The van der Waals surface area contributed by atoms with Gasteiger partial charge in [-0.15, -0.1) is 0 Å². The van der Waals surface area contributed by atoms with Gasteiger partial charge in [0.05, 0.1) is 4.90 Å². The molecule has 1 aliphatic carbocycles. The van der Waals surface area contributed by atoms with Crippen molar-refractivity contribution in [2.75, 3.05) is 0 Å². The van der Waals surface area contributed by atoms with Crippen LogP contribution in [0.5, 0.6) is 0 Å². The first-order valence-electron chi connectivity index (χ1n) is 7.66. The molecule has 0 heterocycles. The Balaban J connectivity index is 1.72. The fraction of sp³-hybridized carbons (Fsp3) is 0.471. The topological polar surface area (TPSA) is 46.2 Å². The molecule has 1 aromatic rings. The SMILES string of the molecule is CCCCC/C=C\[C@@H]1C[C@@H]1C(=O)NS(=O)c1ccccc1. The fourth-order valence-corrected chi connectivity index (χ4v) is 3.14. The first-order valence-corrected chi connectivity index (χ1v) is 8.81. The summed E-state index contributed by atoms with van der Waals surface area (Å²) in [6.07, 6.45) is 10.0. The average Bonchev–Trinajstić information content (AvgIpc) is 3.27. The molecule has 1 aromatic carbocycles. The molecule has 1 amide bonds. The summed E-state index contributed by atoms with van der Waals surface area (Å²) in [5.74, 6) is 0.236. The number of hydrogen-bond donors (Lipinski definition) is 1. The Kier molecular flexibility index (Phi) is 6.18. The van der Waals surface area contributed by atoms with E-state index in [2.05, 4.69) is 23.8 Å². The molecule has 21 heavy (non-hydrogen) atoms. The summed E-state index contributed by atoms with van der Waals surface area (Å²) >= 11 is 0. The summed E-state index contributed by atoms with van der Waals surface area (Å²) in [5, 5.41) is 0. The molecular weight excluding hydrogens is 282 g/mol. The van der Waals surface area contributed by atoms with Gasteiger partial charge < -0.3 is 0 Å². The number of nitrogens with one attached hydrogen (secondary N) is 1. The van der Waals surface area contributed by atoms with Crippen LogP contribution in [0.4, 0.5) is 0 Å². The van der Waals surface area contributed by atoms with Crippen LogP contribution in [-0.4, -0.2) is 10.1 Å². The first kappa shape index (κ1) is 16.0. The van der Waals surface area contributed by atoms with Crippen molar-refractivity contribution in [2.45, 2.75) is 43.9 Å². The number of benzene rings is 1. The smallest absolute Gasteiger partial charge is 0.235 e. The van der Waals surface area contributed by atoms with Gasteiger partial charge >= 0.3 is 0 Å². The second-order valence-electron chi connectivity index (χ2n) is 5.48. The van der Waals surface area contributed by atoms with Crippen molar-refractivity contribution in [1.29, 1.82) is 0 Å². The minimum absolute atomic E-state index is 0.0000809. The number of rotatable bonds is 8. The third-order valence-corrected chi connectivity index (χ3v) is 4.77. The summed E-state index contributed by atoms with van der Waals surface area (Å²) in [4.78, 5) is 12.6. The van der Waals surface area contributed by atoms with Gasteiger partial charge in [0.25, 0.3) is 0 Å². The first-order chi connectivity index (χ1) is 10.2. The van der Waals surface area contributed by atoms with E-state index in [4.69, 9.17) is 0 Å². The number of amides is 1. The molecule has 1 fully saturated rings. The van der Waals surface area contributed by atoms with Gasteiger partial charge in [-0.25, -0.2) is 4.21 Å². The van der Waals surface area contributed by atoms with E-state index >= 15 is 0 Å². The van der Waals surface area contributed by atoms with Gasteiger partial charge in [-0.1, -0.05) is 50.1 Å². The Morgan fingerprint density at radius 1 is 1.33 bits per heavy atom. The molecule has 1 saturated carbocycles. The van der Waals surface area contributed by atoms with Crippen LogP contribution >= 0.6 is 0 Å². The van der Waals surface area contributed by atoms with Crippen molar-refractivity contribution in [3.63, 3.8) is 0 Å². The molecule has 3 nitrogen and oxygen atoms in total. The van der Waals surface area contributed by atoms with Crippen LogP contribution in [0.3, 0.4) is 0 Å². The molecule has 1 N–H and O–H groups in total. The number of carbonyl (C=O) groups excluding carboxylic acids is 1. The van der Waals surface area contributed by atoms with Crippen LogP contribution < -0.4 is 4.72 Å². The molecule has 0 spiro atoms. The van der Waals surface area contributed by atoms with E-state index in [0.717, 1.165) is 12.8 Å². The zero-order valence-electron chi connectivity index (χ0n) is 12.5. The lowest BCUT2D eigenvalue weighted by Crippen LogP contribution is -2.27. The van der Waals surface area contributed by atoms with Gasteiger partial charge in [0.1, 0.15) is 0 Å². The van der Waals surface area contributed by atoms with Gasteiger partial charge in [-0.05, 0) is 37.3 Å². The van der Waals surface area contributed by atoms with Gasteiger partial charge in [-0.3, -0.25) is 9.52 Å². The molecule has 1 unspecified atom stereocenters. The lowest BCUT2D eigenvalue weighted by Gasteiger charge is -2.03. The maximum absolute atomic E-state index is 12.0. The lowest BCUT2D eigenvalue weighted by atomic mass is 10.2. The zero-order valence-corrected chi connectivity index (χ0v) is 13.3. The van der Waals surface area contributed by atoms with Crippen molar-refractivity contribution < 1.29 is 9.00 Å². The minimum Gasteiger partial charge on any atom is -0.274 e. The number of carbonyl (C=O) groups is 1. The molecular formula is C17H23NO2S. The highest BCUT2D eigenvalue weighted by Gasteiger charge is 2.41. The van der Waals surface area contributed by atoms with Gasteiger partial charge in [0, 0.05) is 5.92 Å². The highest BCUT2D eigenvalue weighted by Crippen LogP contribution is 2.40. The van der Waals surface area contributed by atoms with E-state index in [-0.39, 0.29) is 11.8 Å². The van der Waals surface area contributed by atoms with Crippen molar-refractivity contribution in [2.24, 2.45) is 11.8 Å². The number of hydrogen-bond acceptors (Lipinski definition) is 2. The summed E-state index contributed by atoms with van der Waals surface area (Å²) in [5.41, 5.74) is 0. The van der Waals surface area contributed by atoms with Gasteiger partial charge in [-0.2, -0.15) is 0 Å². The van der Waals surface area contributed by atoms with Crippen molar-refractivity contribution in [3.8, 4) is 0 Å². The second-order valence-corrected chi connectivity index (χ2v) is 6.69. The number of allylic oxidation sites excluding steroid dienone is 2. The van der Waals surface area contributed by atoms with E-state index in [1.807, 2.05) is 18.2 Å². The quantitative estimate of drug-likeness (QED) is 0.589. The third kappa shape index (κ3) is 5.12. The van der Waals surface area contributed by atoms with Crippen molar-refractivity contribution in [3.05, 3.63) is 42.5 Å². The maximum Gasteiger partial charge on any atom is 0.235 e. The lowest BCUT2D eigenvalue weighted by molar-refractivity contribution is -0.120. The molecule has 114 valence electrons. The molecule has 0 aliphatic heterocycles. The summed E-state index contributed by atoms with van der Waals surface area (Å²) < 4.78 is 14.6. The molecule has 4 heteroatoms. The van der Waals surface area contributed by atoms with Crippen LogP contribution in [-0.2, 0) is 15.8 Å². The van der Waals surface area contributed by atoms with E-state index < -0.39 is 11.0 Å². The van der Waals surface area contributed by atoms with Crippen LogP contribution in [0.1, 0.15) is 39.0 Å². The predicted octanol–water partition coefficient (Wildman–Crippen LogP) is 3.60. The summed E-state index contributed by atoms with van der Waals surface area (Å²) in [6, 6.07) is 9.02. The Labute approximate surface area is 129 Å². The predicted molar refractivity (Wildman–Crippen MR) is 85.9 cm³/mol. The van der Waals surface area contributed by atoms with Gasteiger partial charge in [0.2, 0.25) is 5.91 Å². The Morgan fingerprint density at radius 2 is 2.10 bits per heavy atom. The fourth-order valence-electron chi connectivity index (χ4n) is 2.28. The van der Waals surface area contributed by atoms with Crippen molar-refractivity contribution in [1.82, 2.24) is 4.72 Å². The highest BCUT2D eigenvalue weighted by molar-refractivity contribution is 7.83. The summed E-state index contributed by atoms with van der Waals surface area (Å²) in [6.45, 7) is 2.19. The average molecular weight is 305 g/mol. The normalized spacial score (nSPS) is 22.1.